The number of hydrogen-bond acceptors (Lipinski definition) is 1. The Morgan fingerprint density at radius 3 is 2.76 bits per heavy atom. The number of benzene rings is 1. The van der Waals surface area contributed by atoms with Gasteiger partial charge < -0.3 is 4.42 Å². The van der Waals surface area contributed by atoms with Crippen LogP contribution in [-0.4, -0.2) is 0 Å². The zero-order chi connectivity index (χ0) is 12.4. The molecule has 0 amide bonds. The van der Waals surface area contributed by atoms with Crippen molar-refractivity contribution in [3.63, 3.8) is 0 Å². The Balaban J connectivity index is 2.18. The average molecular weight is 301 g/mol. The van der Waals surface area contributed by atoms with Crippen LogP contribution in [0, 0.1) is 18.6 Å². The molecule has 1 aromatic heterocycles. The maximum atomic E-state index is 13.5. The van der Waals surface area contributed by atoms with Crippen LogP contribution in [0.5, 0.6) is 0 Å². The van der Waals surface area contributed by atoms with Crippen LogP contribution < -0.4 is 0 Å². The Morgan fingerprint density at radius 2 is 2.12 bits per heavy atom. The molecule has 0 saturated heterocycles. The van der Waals surface area contributed by atoms with Crippen LogP contribution >= 0.6 is 15.9 Å². The minimum absolute atomic E-state index is 0.0868. The number of hydrogen-bond donors (Lipinski definition) is 0. The lowest BCUT2D eigenvalue weighted by atomic mass is 10.1. The van der Waals surface area contributed by atoms with E-state index in [0.717, 1.165) is 17.4 Å². The molecule has 2 aromatic rings. The number of halogens is 3. The molecule has 0 saturated carbocycles. The minimum atomic E-state index is -0.814. The standard InChI is InChI=1S/C13H11BrF2O/c1-8-5-10(7-17-8)11(14)6-9-3-2-4-12(15)13(9)16/h2-5,7,11H,6H2,1H3. The van der Waals surface area contributed by atoms with E-state index in [4.69, 9.17) is 4.42 Å². The minimum Gasteiger partial charge on any atom is -0.469 e. The maximum absolute atomic E-state index is 13.5. The molecular weight excluding hydrogens is 290 g/mol. The fraction of sp³-hybridized carbons (Fsp3) is 0.231. The van der Waals surface area contributed by atoms with E-state index in [0.29, 0.717) is 12.0 Å². The predicted molar refractivity (Wildman–Crippen MR) is 65.2 cm³/mol. The summed E-state index contributed by atoms with van der Waals surface area (Å²) in [7, 11) is 0. The summed E-state index contributed by atoms with van der Waals surface area (Å²) < 4.78 is 31.7. The van der Waals surface area contributed by atoms with E-state index in [9.17, 15) is 8.78 Å². The van der Waals surface area contributed by atoms with Gasteiger partial charge in [-0.2, -0.15) is 0 Å². The Morgan fingerprint density at radius 1 is 1.35 bits per heavy atom. The van der Waals surface area contributed by atoms with Crippen LogP contribution in [0.1, 0.15) is 21.7 Å². The van der Waals surface area contributed by atoms with Gasteiger partial charge in [0.05, 0.1) is 6.26 Å². The lowest BCUT2D eigenvalue weighted by molar-refractivity contribution is 0.498. The molecule has 0 aliphatic rings. The first kappa shape index (κ1) is 12.3. The van der Waals surface area contributed by atoms with Crippen LogP contribution in [0.25, 0.3) is 0 Å². The van der Waals surface area contributed by atoms with E-state index in [2.05, 4.69) is 15.9 Å². The van der Waals surface area contributed by atoms with E-state index in [1.807, 2.05) is 13.0 Å². The summed E-state index contributed by atoms with van der Waals surface area (Å²) in [5.41, 5.74) is 1.27. The second-order valence-corrected chi connectivity index (χ2v) is 4.98. The summed E-state index contributed by atoms with van der Waals surface area (Å²) in [6.45, 7) is 1.84. The van der Waals surface area contributed by atoms with Crippen LogP contribution in [0.15, 0.2) is 34.9 Å². The lowest BCUT2D eigenvalue weighted by Gasteiger charge is -2.08. The number of rotatable bonds is 3. The van der Waals surface area contributed by atoms with Crippen LogP contribution in [-0.2, 0) is 6.42 Å². The second-order valence-electron chi connectivity index (χ2n) is 3.88. The third-order valence-corrected chi connectivity index (χ3v) is 3.40. The molecule has 0 bridgehead atoms. The Labute approximate surface area is 107 Å². The van der Waals surface area contributed by atoms with Gasteiger partial charge in [0, 0.05) is 10.4 Å². The quantitative estimate of drug-likeness (QED) is 0.758. The van der Waals surface area contributed by atoms with Crippen molar-refractivity contribution in [2.75, 3.05) is 0 Å². The first-order chi connectivity index (χ1) is 8.08. The zero-order valence-corrected chi connectivity index (χ0v) is 10.8. The van der Waals surface area contributed by atoms with Gasteiger partial charge in [-0.1, -0.05) is 28.1 Å². The molecule has 0 fully saturated rings. The van der Waals surface area contributed by atoms with Crippen LogP contribution in [0.4, 0.5) is 8.78 Å². The van der Waals surface area contributed by atoms with E-state index < -0.39 is 11.6 Å². The highest BCUT2D eigenvalue weighted by Gasteiger charge is 2.15. The van der Waals surface area contributed by atoms with E-state index in [1.54, 1.807) is 12.3 Å². The fourth-order valence-corrected chi connectivity index (χ4v) is 2.23. The lowest BCUT2D eigenvalue weighted by Crippen LogP contribution is -1.99. The summed E-state index contributed by atoms with van der Waals surface area (Å²) >= 11 is 3.45. The smallest absolute Gasteiger partial charge is 0.162 e. The van der Waals surface area contributed by atoms with Crippen molar-refractivity contribution in [1.82, 2.24) is 0 Å². The van der Waals surface area contributed by atoms with Gasteiger partial charge in [-0.15, -0.1) is 0 Å². The molecule has 1 atom stereocenters. The monoisotopic (exact) mass is 300 g/mol. The molecule has 0 spiro atoms. The number of alkyl halides is 1. The first-order valence-corrected chi connectivity index (χ1v) is 6.11. The predicted octanol–water partition coefficient (Wildman–Crippen LogP) is 4.54. The molecule has 0 N–H and O–H groups in total. The molecule has 1 aromatic carbocycles. The molecule has 4 heteroatoms. The van der Waals surface area contributed by atoms with Gasteiger partial charge in [-0.3, -0.25) is 0 Å². The van der Waals surface area contributed by atoms with Crippen molar-refractivity contribution in [2.24, 2.45) is 0 Å². The van der Waals surface area contributed by atoms with Crippen LogP contribution in [0.3, 0.4) is 0 Å². The van der Waals surface area contributed by atoms with Crippen molar-refractivity contribution in [3.05, 3.63) is 59.1 Å². The molecule has 1 nitrogen and oxygen atoms in total. The molecule has 0 aliphatic carbocycles. The van der Waals surface area contributed by atoms with Gasteiger partial charge in [-0.25, -0.2) is 8.78 Å². The molecule has 1 heterocycles. The summed E-state index contributed by atoms with van der Waals surface area (Å²) in [4.78, 5) is -0.0868. The highest BCUT2D eigenvalue weighted by atomic mass is 79.9. The van der Waals surface area contributed by atoms with Gasteiger partial charge in [0.15, 0.2) is 11.6 Å². The molecule has 1 unspecified atom stereocenters. The van der Waals surface area contributed by atoms with Crippen molar-refractivity contribution in [2.45, 2.75) is 18.2 Å². The summed E-state index contributed by atoms with van der Waals surface area (Å²) in [6.07, 6.45) is 1.99. The average Bonchev–Trinajstić information content (AvgIpc) is 2.72. The van der Waals surface area contributed by atoms with Crippen LogP contribution in [0.2, 0.25) is 0 Å². The topological polar surface area (TPSA) is 13.1 Å². The number of aryl methyl sites for hydroxylation is 1. The first-order valence-electron chi connectivity index (χ1n) is 5.20. The Kier molecular flexibility index (Phi) is 3.62. The molecule has 2 rings (SSSR count). The normalized spacial score (nSPS) is 12.7. The molecule has 0 radical (unpaired) electrons. The molecule has 90 valence electrons. The highest BCUT2D eigenvalue weighted by Crippen LogP contribution is 2.29. The maximum Gasteiger partial charge on any atom is 0.162 e. The summed E-state index contributed by atoms with van der Waals surface area (Å²) in [5, 5.41) is 0. The SMILES string of the molecule is Cc1cc(C(Br)Cc2cccc(F)c2F)co1. The Hall–Kier alpha value is -1.16. The van der Waals surface area contributed by atoms with Crippen molar-refractivity contribution in [1.29, 1.82) is 0 Å². The van der Waals surface area contributed by atoms with Crippen molar-refractivity contribution >= 4 is 15.9 Å². The third kappa shape index (κ3) is 2.75. The number of furan rings is 1. The molecular formula is C13H11BrF2O. The molecule has 0 aliphatic heterocycles. The van der Waals surface area contributed by atoms with E-state index >= 15 is 0 Å². The molecule has 17 heavy (non-hydrogen) atoms. The van der Waals surface area contributed by atoms with Gasteiger partial charge in [0.2, 0.25) is 0 Å². The zero-order valence-electron chi connectivity index (χ0n) is 9.21. The fourth-order valence-electron chi connectivity index (χ4n) is 1.65. The second kappa shape index (κ2) is 5.00. The third-order valence-electron chi connectivity index (χ3n) is 2.54. The van der Waals surface area contributed by atoms with Gasteiger partial charge in [0.1, 0.15) is 5.76 Å². The van der Waals surface area contributed by atoms with Gasteiger partial charge in [-0.05, 0) is 31.0 Å². The van der Waals surface area contributed by atoms with Crippen molar-refractivity contribution in [3.8, 4) is 0 Å². The summed E-state index contributed by atoms with van der Waals surface area (Å²) in [5.74, 6) is -0.799. The van der Waals surface area contributed by atoms with E-state index in [-0.39, 0.29) is 4.83 Å². The Bertz CT molecular complexity index is 522. The van der Waals surface area contributed by atoms with Gasteiger partial charge >= 0.3 is 0 Å². The van der Waals surface area contributed by atoms with Gasteiger partial charge in [0.25, 0.3) is 0 Å². The van der Waals surface area contributed by atoms with Crippen molar-refractivity contribution < 1.29 is 13.2 Å². The highest BCUT2D eigenvalue weighted by molar-refractivity contribution is 9.09. The van der Waals surface area contributed by atoms with E-state index in [1.165, 1.54) is 6.07 Å². The largest absolute Gasteiger partial charge is 0.469 e. The summed E-state index contributed by atoms with van der Waals surface area (Å²) in [6, 6.07) is 6.08.